The summed E-state index contributed by atoms with van der Waals surface area (Å²) in [5.41, 5.74) is 5.61. The Bertz CT molecular complexity index is 628. The van der Waals surface area contributed by atoms with Gasteiger partial charge in [0.05, 0.1) is 18.8 Å². The smallest absolute Gasteiger partial charge is 0.378 e. The van der Waals surface area contributed by atoms with Crippen LogP contribution >= 0.6 is 0 Å². The minimum absolute atomic E-state index is 0.115. The van der Waals surface area contributed by atoms with Gasteiger partial charge in [-0.25, -0.2) is 0 Å². The number of alkyl halides is 3. The highest BCUT2D eigenvalue weighted by atomic mass is 19.4. The molecule has 0 aliphatic carbocycles. The van der Waals surface area contributed by atoms with Gasteiger partial charge in [-0.05, 0) is 17.7 Å². The predicted molar refractivity (Wildman–Crippen MR) is 96.7 cm³/mol. The lowest BCUT2D eigenvalue weighted by Gasteiger charge is -2.31. The van der Waals surface area contributed by atoms with E-state index < -0.39 is 17.8 Å². The Kier molecular flexibility index (Phi) is 7.64. The Morgan fingerprint density at radius 3 is 2.44 bits per heavy atom. The maximum absolute atomic E-state index is 12.8. The van der Waals surface area contributed by atoms with Gasteiger partial charge in [0.1, 0.15) is 6.04 Å². The topological polar surface area (TPSA) is 79.6 Å². The molecule has 27 heavy (non-hydrogen) atoms. The molecule has 0 bridgehead atoms. The van der Waals surface area contributed by atoms with E-state index in [1.54, 1.807) is 4.90 Å². The van der Waals surface area contributed by atoms with Crippen LogP contribution in [-0.2, 0) is 15.7 Å². The minimum atomic E-state index is -4.39. The molecule has 1 saturated heterocycles. The molecule has 1 amide bonds. The van der Waals surface area contributed by atoms with E-state index in [9.17, 15) is 18.0 Å². The fourth-order valence-electron chi connectivity index (χ4n) is 2.71. The van der Waals surface area contributed by atoms with Crippen LogP contribution in [0.4, 0.5) is 13.2 Å². The molecule has 1 atom stereocenters. The normalized spacial score (nSPS) is 16.1. The first-order valence-electron chi connectivity index (χ1n) is 8.73. The zero-order chi connectivity index (χ0) is 19.9. The summed E-state index contributed by atoms with van der Waals surface area (Å²) in [5.74, 6) is -0.115. The average Bonchev–Trinajstić information content (AvgIpc) is 2.67. The van der Waals surface area contributed by atoms with Crippen molar-refractivity contribution in [2.75, 3.05) is 45.9 Å². The molecule has 6 nitrogen and oxygen atoms in total. The molecule has 0 radical (unpaired) electrons. The first-order chi connectivity index (χ1) is 12.8. The number of morpholine rings is 1. The van der Waals surface area contributed by atoms with Crippen molar-refractivity contribution in [3.8, 4) is 0 Å². The van der Waals surface area contributed by atoms with E-state index in [1.165, 1.54) is 12.1 Å². The van der Waals surface area contributed by atoms with Crippen molar-refractivity contribution in [3.05, 3.63) is 42.0 Å². The molecule has 1 fully saturated rings. The summed E-state index contributed by atoms with van der Waals surface area (Å²) < 4.78 is 43.4. The third kappa shape index (κ3) is 6.23. The molecule has 4 N–H and O–H groups in total. The van der Waals surface area contributed by atoms with E-state index in [-0.39, 0.29) is 5.91 Å². The van der Waals surface area contributed by atoms with Crippen LogP contribution in [0.15, 0.2) is 30.8 Å². The molecule has 0 saturated carbocycles. The van der Waals surface area contributed by atoms with Crippen LogP contribution in [0.2, 0.25) is 0 Å². The van der Waals surface area contributed by atoms with E-state index in [2.05, 4.69) is 17.2 Å². The number of nitrogens with two attached hydrogens (primary N) is 1. The summed E-state index contributed by atoms with van der Waals surface area (Å²) in [6, 6.07) is 4.05. The molecule has 1 aliphatic heterocycles. The van der Waals surface area contributed by atoms with E-state index in [0.29, 0.717) is 57.2 Å². The van der Waals surface area contributed by atoms with Crippen LogP contribution in [0.1, 0.15) is 11.1 Å². The van der Waals surface area contributed by atoms with Crippen LogP contribution in [0.3, 0.4) is 0 Å². The second-order valence-electron chi connectivity index (χ2n) is 6.18. The van der Waals surface area contributed by atoms with Gasteiger partial charge in [0.15, 0.2) is 0 Å². The van der Waals surface area contributed by atoms with Gasteiger partial charge in [0.25, 0.3) is 0 Å². The number of carbonyl (C=O) groups is 1. The standard InChI is InChI=1S/C18H25F3N4O2/c1-13(14-2-4-15(5-3-14)18(19,20)21)24-16(12-23-7-6-22)17(26)25-8-10-27-11-9-25/h2-5,16,23-24H,1,6-12,22H2/t16-/m0/s1. The number of halogens is 3. The van der Waals surface area contributed by atoms with Crippen molar-refractivity contribution in [3.63, 3.8) is 0 Å². The molecule has 0 unspecified atom stereocenters. The third-order valence-corrected chi connectivity index (χ3v) is 4.20. The van der Waals surface area contributed by atoms with Gasteiger partial charge in [-0.3, -0.25) is 4.79 Å². The maximum atomic E-state index is 12.8. The molecule has 0 aromatic heterocycles. The number of amides is 1. The number of nitrogens with zero attached hydrogens (tertiary/aromatic N) is 1. The average molecular weight is 386 g/mol. The van der Waals surface area contributed by atoms with Gasteiger partial charge in [-0.2, -0.15) is 13.2 Å². The van der Waals surface area contributed by atoms with E-state index in [4.69, 9.17) is 10.5 Å². The Morgan fingerprint density at radius 1 is 1.26 bits per heavy atom. The van der Waals surface area contributed by atoms with Crippen LogP contribution in [0.25, 0.3) is 5.70 Å². The molecule has 1 aromatic rings. The van der Waals surface area contributed by atoms with Gasteiger partial charge in [-0.15, -0.1) is 0 Å². The van der Waals surface area contributed by atoms with Crippen molar-refractivity contribution in [1.29, 1.82) is 0 Å². The summed E-state index contributed by atoms with van der Waals surface area (Å²) in [7, 11) is 0. The number of carbonyl (C=O) groups excluding carboxylic acids is 1. The molecule has 150 valence electrons. The maximum Gasteiger partial charge on any atom is 0.416 e. The van der Waals surface area contributed by atoms with E-state index in [1.807, 2.05) is 0 Å². The molecular weight excluding hydrogens is 361 g/mol. The van der Waals surface area contributed by atoms with Crippen LogP contribution < -0.4 is 16.4 Å². The number of rotatable bonds is 8. The monoisotopic (exact) mass is 386 g/mol. The molecule has 2 rings (SSSR count). The van der Waals surface area contributed by atoms with Gasteiger partial charge in [-0.1, -0.05) is 18.7 Å². The van der Waals surface area contributed by atoms with Crippen molar-refractivity contribution in [2.24, 2.45) is 5.73 Å². The summed E-state index contributed by atoms with van der Waals surface area (Å²) >= 11 is 0. The van der Waals surface area contributed by atoms with Crippen molar-refractivity contribution in [2.45, 2.75) is 12.2 Å². The Hall–Kier alpha value is -2.10. The van der Waals surface area contributed by atoms with Crippen LogP contribution in [-0.4, -0.2) is 62.8 Å². The highest BCUT2D eigenvalue weighted by Crippen LogP contribution is 2.29. The summed E-state index contributed by atoms with van der Waals surface area (Å²) in [6.07, 6.45) is -4.39. The number of hydrogen-bond acceptors (Lipinski definition) is 5. The van der Waals surface area contributed by atoms with E-state index in [0.717, 1.165) is 12.1 Å². The fourth-order valence-corrected chi connectivity index (χ4v) is 2.71. The highest BCUT2D eigenvalue weighted by molar-refractivity contribution is 5.84. The van der Waals surface area contributed by atoms with Crippen LogP contribution in [0, 0.1) is 0 Å². The van der Waals surface area contributed by atoms with Gasteiger partial charge in [0.2, 0.25) is 5.91 Å². The first-order valence-corrected chi connectivity index (χ1v) is 8.73. The first kappa shape index (κ1) is 21.2. The highest BCUT2D eigenvalue weighted by Gasteiger charge is 2.30. The molecule has 1 aliphatic rings. The lowest BCUT2D eigenvalue weighted by Crippen LogP contribution is -2.53. The Labute approximate surface area is 156 Å². The zero-order valence-corrected chi connectivity index (χ0v) is 15.0. The van der Waals surface area contributed by atoms with Gasteiger partial charge < -0.3 is 26.0 Å². The number of nitrogens with one attached hydrogen (secondary N) is 2. The van der Waals surface area contributed by atoms with Gasteiger partial charge >= 0.3 is 6.18 Å². The Morgan fingerprint density at radius 2 is 1.89 bits per heavy atom. The van der Waals surface area contributed by atoms with Crippen LogP contribution in [0.5, 0.6) is 0 Å². The molecule has 9 heteroatoms. The third-order valence-electron chi connectivity index (χ3n) is 4.20. The SMILES string of the molecule is C=C(N[C@@H](CNCCN)C(=O)N1CCOCC1)c1ccc(C(F)(F)F)cc1. The lowest BCUT2D eigenvalue weighted by molar-refractivity contribution is -0.138. The molecule has 0 spiro atoms. The van der Waals surface area contributed by atoms with Gasteiger partial charge in [0, 0.05) is 38.4 Å². The summed E-state index contributed by atoms with van der Waals surface area (Å²) in [6.45, 7) is 7.13. The number of benzene rings is 1. The molecule has 1 aromatic carbocycles. The number of ether oxygens (including phenoxy) is 1. The Balaban J connectivity index is 2.06. The summed E-state index contributed by atoms with van der Waals surface area (Å²) in [5, 5.41) is 6.12. The van der Waals surface area contributed by atoms with Crippen molar-refractivity contribution in [1.82, 2.24) is 15.5 Å². The lowest BCUT2D eigenvalue weighted by atomic mass is 10.1. The minimum Gasteiger partial charge on any atom is -0.378 e. The predicted octanol–water partition coefficient (Wildman–Crippen LogP) is 1.04. The quantitative estimate of drug-likeness (QED) is 0.582. The zero-order valence-electron chi connectivity index (χ0n) is 15.0. The second kappa shape index (κ2) is 9.72. The second-order valence-corrected chi connectivity index (χ2v) is 6.18. The van der Waals surface area contributed by atoms with Crippen molar-refractivity contribution < 1.29 is 22.7 Å². The number of hydrogen-bond donors (Lipinski definition) is 3. The largest absolute Gasteiger partial charge is 0.416 e. The molecule has 1 heterocycles. The molecular formula is C18H25F3N4O2. The summed E-state index contributed by atoms with van der Waals surface area (Å²) in [4.78, 5) is 14.5. The van der Waals surface area contributed by atoms with Crippen molar-refractivity contribution >= 4 is 11.6 Å². The van der Waals surface area contributed by atoms with E-state index >= 15 is 0 Å². The fraction of sp³-hybridized carbons (Fsp3) is 0.500.